The van der Waals surface area contributed by atoms with Crippen molar-refractivity contribution in [2.24, 2.45) is 0 Å². The minimum absolute atomic E-state index is 0.274. The summed E-state index contributed by atoms with van der Waals surface area (Å²) in [5.74, 6) is 0.949. The third kappa shape index (κ3) is 1.23. The molecule has 0 unspecified atom stereocenters. The summed E-state index contributed by atoms with van der Waals surface area (Å²) < 4.78 is 0.353. The number of hydrogen-bond donors (Lipinski definition) is 2. The van der Waals surface area contributed by atoms with Gasteiger partial charge in [0.15, 0.2) is 10.5 Å². The van der Waals surface area contributed by atoms with Crippen molar-refractivity contribution in [1.29, 1.82) is 0 Å². The first-order valence-electron chi connectivity index (χ1n) is 2.39. The number of rotatable bonds is 0. The van der Waals surface area contributed by atoms with E-state index < -0.39 is 0 Å². The zero-order valence-corrected chi connectivity index (χ0v) is 5.70. The van der Waals surface area contributed by atoms with Crippen LogP contribution >= 0.6 is 12.2 Å². The second-order valence-electron chi connectivity index (χ2n) is 1.61. The van der Waals surface area contributed by atoms with E-state index >= 15 is 0 Å². The van der Waals surface area contributed by atoms with Crippen LogP contribution in [0.15, 0.2) is 0 Å². The van der Waals surface area contributed by atoms with Crippen LogP contribution < -0.4 is 5.73 Å². The summed E-state index contributed by atoms with van der Waals surface area (Å²) in [5.41, 5.74) is 5.28. The number of nitrogens with two attached hydrogens (primary N) is 1. The molecule has 0 aliphatic rings. The van der Waals surface area contributed by atoms with Crippen LogP contribution in [0.25, 0.3) is 0 Å². The molecule has 0 saturated carbocycles. The Balaban J connectivity index is 3.34. The summed E-state index contributed by atoms with van der Waals surface area (Å²) >= 11 is 4.72. The Kier molecular flexibility index (Phi) is 1.44. The highest BCUT2D eigenvalue weighted by atomic mass is 32.1. The van der Waals surface area contributed by atoms with E-state index in [1.165, 1.54) is 0 Å². The number of aryl methyl sites for hydroxylation is 1. The third-order valence-electron chi connectivity index (χ3n) is 0.827. The van der Waals surface area contributed by atoms with Crippen LogP contribution in [-0.4, -0.2) is 15.2 Å². The molecule has 0 radical (unpaired) electrons. The summed E-state index contributed by atoms with van der Waals surface area (Å²) in [6.07, 6.45) is 0. The van der Waals surface area contributed by atoms with E-state index in [2.05, 4.69) is 15.2 Å². The van der Waals surface area contributed by atoms with Crippen molar-refractivity contribution in [2.45, 2.75) is 6.92 Å². The van der Waals surface area contributed by atoms with E-state index in [1.807, 2.05) is 0 Å². The molecule has 0 fully saturated rings. The Morgan fingerprint density at radius 1 is 1.67 bits per heavy atom. The van der Waals surface area contributed by atoms with Crippen molar-refractivity contribution >= 4 is 18.0 Å². The molecular formula is C4H6N4S. The first-order valence-corrected chi connectivity index (χ1v) is 2.80. The van der Waals surface area contributed by atoms with Crippen LogP contribution in [0.5, 0.6) is 0 Å². The van der Waals surface area contributed by atoms with Gasteiger partial charge in [-0.1, -0.05) is 12.2 Å². The van der Waals surface area contributed by atoms with Gasteiger partial charge >= 0.3 is 0 Å². The number of hydrogen-bond acceptors (Lipinski definition) is 4. The largest absolute Gasteiger partial charge is 0.380 e. The predicted molar refractivity (Wildman–Crippen MR) is 36.4 cm³/mol. The quantitative estimate of drug-likeness (QED) is 0.515. The number of aromatic nitrogens is 3. The molecule has 1 aromatic heterocycles. The smallest absolute Gasteiger partial charge is 0.180 e. The molecule has 0 saturated heterocycles. The second-order valence-corrected chi connectivity index (χ2v) is 2.00. The molecule has 0 atom stereocenters. The van der Waals surface area contributed by atoms with E-state index in [0.29, 0.717) is 10.5 Å². The average molecular weight is 142 g/mol. The number of nitrogens with one attached hydrogen (secondary N) is 1. The molecule has 0 aromatic carbocycles. The zero-order chi connectivity index (χ0) is 6.85. The van der Waals surface area contributed by atoms with Gasteiger partial charge in [-0.2, -0.15) is 5.10 Å². The van der Waals surface area contributed by atoms with Crippen LogP contribution in [0.1, 0.15) is 5.82 Å². The summed E-state index contributed by atoms with van der Waals surface area (Å²) in [7, 11) is 0. The minimum atomic E-state index is 0.274. The molecular weight excluding hydrogens is 136 g/mol. The van der Waals surface area contributed by atoms with Crippen molar-refractivity contribution in [1.82, 2.24) is 15.2 Å². The van der Waals surface area contributed by atoms with Crippen LogP contribution in [-0.2, 0) is 0 Å². The molecule has 48 valence electrons. The SMILES string of the molecule is Cc1nc(=S)c(N)n[nH]1. The van der Waals surface area contributed by atoms with Crippen molar-refractivity contribution in [3.63, 3.8) is 0 Å². The highest BCUT2D eigenvalue weighted by molar-refractivity contribution is 7.71. The number of nitrogens with zero attached hydrogens (tertiary/aromatic N) is 2. The Bertz CT molecular complexity index is 266. The standard InChI is InChI=1S/C4H6N4S/c1-2-6-4(9)3(5)8-7-2/h1H3,(H2,5,8)(H,6,7,9). The van der Waals surface area contributed by atoms with Gasteiger partial charge < -0.3 is 5.73 Å². The lowest BCUT2D eigenvalue weighted by Gasteiger charge is -1.91. The predicted octanol–water partition coefficient (Wildman–Crippen LogP) is 0.425. The summed E-state index contributed by atoms with van der Waals surface area (Å²) in [6, 6.07) is 0. The zero-order valence-electron chi connectivity index (χ0n) is 4.88. The van der Waals surface area contributed by atoms with Gasteiger partial charge in [0.25, 0.3) is 0 Å². The highest BCUT2D eigenvalue weighted by Gasteiger charge is 1.89. The van der Waals surface area contributed by atoms with Crippen molar-refractivity contribution in [2.75, 3.05) is 5.73 Å². The first-order chi connectivity index (χ1) is 4.20. The van der Waals surface area contributed by atoms with E-state index in [9.17, 15) is 0 Å². The topological polar surface area (TPSA) is 67.6 Å². The molecule has 0 amide bonds. The lowest BCUT2D eigenvalue weighted by Crippen LogP contribution is -1.98. The Morgan fingerprint density at radius 3 is 2.78 bits per heavy atom. The second kappa shape index (κ2) is 2.10. The number of H-pyrrole nitrogens is 1. The Hall–Kier alpha value is -0.970. The summed E-state index contributed by atoms with van der Waals surface area (Å²) in [6.45, 7) is 1.77. The normalized spacial score (nSPS) is 9.44. The average Bonchev–Trinajstić information content (AvgIpc) is 1.80. The summed E-state index contributed by atoms with van der Waals surface area (Å²) in [4.78, 5) is 3.84. The van der Waals surface area contributed by atoms with Crippen LogP contribution in [0.2, 0.25) is 0 Å². The van der Waals surface area contributed by atoms with Crippen LogP contribution in [0, 0.1) is 11.6 Å². The fraction of sp³-hybridized carbons (Fsp3) is 0.250. The third-order valence-corrected chi connectivity index (χ3v) is 1.13. The van der Waals surface area contributed by atoms with Crippen molar-refractivity contribution in [3.8, 4) is 0 Å². The van der Waals surface area contributed by atoms with Crippen molar-refractivity contribution in [3.05, 3.63) is 10.5 Å². The molecule has 1 aromatic rings. The van der Waals surface area contributed by atoms with Gasteiger partial charge in [0.2, 0.25) is 0 Å². The molecule has 0 spiro atoms. The molecule has 4 nitrogen and oxygen atoms in total. The molecule has 1 rings (SSSR count). The van der Waals surface area contributed by atoms with Crippen LogP contribution in [0.4, 0.5) is 5.82 Å². The van der Waals surface area contributed by atoms with E-state index in [-0.39, 0.29) is 5.82 Å². The fourth-order valence-electron chi connectivity index (χ4n) is 0.424. The maximum absolute atomic E-state index is 5.28. The van der Waals surface area contributed by atoms with E-state index in [0.717, 1.165) is 0 Å². The molecule has 1 heterocycles. The lowest BCUT2D eigenvalue weighted by molar-refractivity contribution is 0.909. The van der Waals surface area contributed by atoms with Gasteiger partial charge in [-0.25, -0.2) is 4.98 Å². The van der Waals surface area contributed by atoms with Gasteiger partial charge in [0, 0.05) is 0 Å². The molecule has 5 heteroatoms. The van der Waals surface area contributed by atoms with Gasteiger partial charge in [0.05, 0.1) is 0 Å². The fourth-order valence-corrected chi connectivity index (χ4v) is 0.606. The number of nitrogen functional groups attached to an aromatic ring is 1. The summed E-state index contributed by atoms with van der Waals surface area (Å²) in [5, 5.41) is 6.25. The maximum atomic E-state index is 5.28. The van der Waals surface area contributed by atoms with E-state index in [1.54, 1.807) is 6.92 Å². The van der Waals surface area contributed by atoms with Gasteiger partial charge in [-0.05, 0) is 6.92 Å². The molecule has 0 aliphatic heterocycles. The first kappa shape index (κ1) is 6.15. The van der Waals surface area contributed by atoms with E-state index in [4.69, 9.17) is 18.0 Å². The Labute approximate surface area is 57.1 Å². The molecule has 9 heavy (non-hydrogen) atoms. The minimum Gasteiger partial charge on any atom is -0.380 e. The number of aromatic amines is 1. The monoisotopic (exact) mass is 142 g/mol. The molecule has 3 N–H and O–H groups in total. The van der Waals surface area contributed by atoms with Gasteiger partial charge in [-0.15, -0.1) is 0 Å². The van der Waals surface area contributed by atoms with Crippen LogP contribution in [0.3, 0.4) is 0 Å². The maximum Gasteiger partial charge on any atom is 0.180 e. The van der Waals surface area contributed by atoms with Crippen molar-refractivity contribution < 1.29 is 0 Å². The highest BCUT2D eigenvalue weighted by Crippen LogP contribution is 1.93. The molecule has 0 aliphatic carbocycles. The molecule has 0 bridgehead atoms. The number of anilines is 1. The Morgan fingerprint density at radius 2 is 2.33 bits per heavy atom. The van der Waals surface area contributed by atoms with Gasteiger partial charge in [0.1, 0.15) is 5.82 Å². The van der Waals surface area contributed by atoms with Gasteiger partial charge in [-0.3, -0.25) is 5.10 Å². The lowest BCUT2D eigenvalue weighted by atomic mass is 10.7.